The van der Waals surface area contributed by atoms with Crippen LogP contribution >= 0.6 is 15.9 Å². The second-order valence-electron chi connectivity index (χ2n) is 5.34. The molecule has 2 aromatic rings. The summed E-state index contributed by atoms with van der Waals surface area (Å²) in [5, 5.41) is 2.79. The fraction of sp³-hybridized carbons (Fsp3) is 0.222. The van der Waals surface area contributed by atoms with Crippen LogP contribution in [0.4, 0.5) is 5.69 Å². The van der Waals surface area contributed by atoms with Gasteiger partial charge in [0.25, 0.3) is 5.91 Å². The van der Waals surface area contributed by atoms with E-state index in [2.05, 4.69) is 21.2 Å². The van der Waals surface area contributed by atoms with Crippen LogP contribution in [0.25, 0.3) is 0 Å². The van der Waals surface area contributed by atoms with Gasteiger partial charge in [0, 0.05) is 10.2 Å². The van der Waals surface area contributed by atoms with Gasteiger partial charge in [0.15, 0.2) is 6.10 Å². The number of hydrogen-bond donors (Lipinski definition) is 1. The number of amides is 1. The highest BCUT2D eigenvalue weighted by Crippen LogP contribution is 2.19. The zero-order valence-electron chi connectivity index (χ0n) is 13.2. The fourth-order valence-electron chi connectivity index (χ4n) is 2.01. The molecule has 0 aliphatic rings. The third kappa shape index (κ3) is 4.42. The first-order valence-electron chi connectivity index (χ1n) is 7.22. The van der Waals surface area contributed by atoms with Gasteiger partial charge < -0.3 is 10.1 Å². The van der Waals surface area contributed by atoms with E-state index < -0.39 is 12.1 Å². The average Bonchev–Trinajstić information content (AvgIpc) is 2.51. The summed E-state index contributed by atoms with van der Waals surface area (Å²) in [4.78, 5) is 24.3. The number of carbonyl (C=O) groups is 2. The van der Waals surface area contributed by atoms with Crippen LogP contribution in [0.5, 0.6) is 0 Å². The predicted octanol–water partition coefficient (Wildman–Crippen LogP) is 4.25. The van der Waals surface area contributed by atoms with Crippen molar-refractivity contribution in [2.75, 3.05) is 5.32 Å². The van der Waals surface area contributed by atoms with Crippen molar-refractivity contribution < 1.29 is 14.3 Å². The van der Waals surface area contributed by atoms with Crippen molar-refractivity contribution in [3.8, 4) is 0 Å². The second kappa shape index (κ2) is 7.42. The largest absolute Gasteiger partial charge is 0.449 e. The number of hydrogen-bond acceptors (Lipinski definition) is 3. The molecule has 2 aromatic carbocycles. The number of anilines is 1. The number of rotatable bonds is 4. The summed E-state index contributed by atoms with van der Waals surface area (Å²) in [5.74, 6) is -0.903. The third-order valence-corrected chi connectivity index (χ3v) is 4.09. The zero-order valence-corrected chi connectivity index (χ0v) is 14.8. The Labute approximate surface area is 144 Å². The number of benzene rings is 2. The van der Waals surface area contributed by atoms with E-state index in [1.165, 1.54) is 0 Å². The second-order valence-corrected chi connectivity index (χ2v) is 6.19. The molecule has 2 rings (SSSR count). The Balaban J connectivity index is 2.04. The van der Waals surface area contributed by atoms with E-state index in [0.29, 0.717) is 10.0 Å². The van der Waals surface area contributed by atoms with E-state index >= 15 is 0 Å². The first-order chi connectivity index (χ1) is 10.9. The molecule has 1 amide bonds. The molecule has 0 aromatic heterocycles. The van der Waals surface area contributed by atoms with Crippen LogP contribution < -0.4 is 5.32 Å². The molecular formula is C18H18BrNO3. The van der Waals surface area contributed by atoms with E-state index in [-0.39, 0.29) is 5.91 Å². The molecular weight excluding hydrogens is 358 g/mol. The van der Waals surface area contributed by atoms with Crippen LogP contribution in [-0.4, -0.2) is 18.0 Å². The molecule has 1 atom stereocenters. The molecule has 0 unspecified atom stereocenters. The standard InChI is InChI=1S/C18H18BrNO3/c1-11-8-9-12(2)16(10-11)20-17(21)13(3)23-18(22)14-6-4-5-7-15(14)19/h4-10,13H,1-3H3,(H,20,21)/t13-/m1/s1. The minimum atomic E-state index is -0.894. The smallest absolute Gasteiger partial charge is 0.340 e. The van der Waals surface area contributed by atoms with Crippen LogP contribution in [-0.2, 0) is 9.53 Å². The summed E-state index contributed by atoms with van der Waals surface area (Å²) in [6, 6.07) is 12.7. The highest BCUT2D eigenvalue weighted by Gasteiger charge is 2.20. The molecule has 0 radical (unpaired) electrons. The molecule has 0 saturated heterocycles. The third-order valence-electron chi connectivity index (χ3n) is 3.40. The summed E-state index contributed by atoms with van der Waals surface area (Å²) >= 11 is 3.29. The molecule has 0 spiro atoms. The molecule has 1 N–H and O–H groups in total. The molecule has 0 aliphatic carbocycles. The Morgan fingerprint density at radius 3 is 2.52 bits per heavy atom. The lowest BCUT2D eigenvalue weighted by Gasteiger charge is -2.15. The lowest BCUT2D eigenvalue weighted by atomic mass is 10.1. The summed E-state index contributed by atoms with van der Waals surface area (Å²) < 4.78 is 5.87. The summed E-state index contributed by atoms with van der Waals surface area (Å²) in [6.07, 6.45) is -0.894. The van der Waals surface area contributed by atoms with Crippen molar-refractivity contribution in [1.82, 2.24) is 0 Å². The Kier molecular flexibility index (Phi) is 5.55. The van der Waals surface area contributed by atoms with Gasteiger partial charge in [-0.3, -0.25) is 4.79 Å². The van der Waals surface area contributed by atoms with Gasteiger partial charge in [-0.2, -0.15) is 0 Å². The van der Waals surface area contributed by atoms with E-state index in [4.69, 9.17) is 4.74 Å². The SMILES string of the molecule is Cc1ccc(C)c(NC(=O)[C@@H](C)OC(=O)c2ccccc2Br)c1. The summed E-state index contributed by atoms with van der Waals surface area (Å²) in [6.45, 7) is 5.41. The van der Waals surface area contributed by atoms with Crippen molar-refractivity contribution >= 4 is 33.5 Å². The first-order valence-corrected chi connectivity index (χ1v) is 8.01. The molecule has 0 fully saturated rings. The molecule has 0 aliphatic heterocycles. The molecule has 5 heteroatoms. The van der Waals surface area contributed by atoms with Crippen molar-refractivity contribution in [2.45, 2.75) is 26.9 Å². The lowest BCUT2D eigenvalue weighted by Crippen LogP contribution is -2.30. The minimum Gasteiger partial charge on any atom is -0.449 e. The number of carbonyl (C=O) groups excluding carboxylic acids is 2. The van der Waals surface area contributed by atoms with Crippen LogP contribution in [0.15, 0.2) is 46.9 Å². The first kappa shape index (κ1) is 17.2. The normalized spacial score (nSPS) is 11.7. The zero-order chi connectivity index (χ0) is 17.0. The van der Waals surface area contributed by atoms with E-state index in [1.807, 2.05) is 32.0 Å². The van der Waals surface area contributed by atoms with Crippen molar-refractivity contribution in [1.29, 1.82) is 0 Å². The quantitative estimate of drug-likeness (QED) is 0.812. The van der Waals surface area contributed by atoms with Crippen LogP contribution in [0, 0.1) is 13.8 Å². The number of aryl methyl sites for hydroxylation is 2. The van der Waals surface area contributed by atoms with E-state index in [0.717, 1.165) is 16.8 Å². The maximum atomic E-state index is 12.2. The lowest BCUT2D eigenvalue weighted by molar-refractivity contribution is -0.123. The predicted molar refractivity (Wildman–Crippen MR) is 93.6 cm³/mol. The summed E-state index contributed by atoms with van der Waals surface area (Å²) in [7, 11) is 0. The maximum Gasteiger partial charge on any atom is 0.340 e. The van der Waals surface area contributed by atoms with Gasteiger partial charge in [0.2, 0.25) is 0 Å². The molecule has 0 bridgehead atoms. The van der Waals surface area contributed by atoms with Gasteiger partial charge in [-0.05, 0) is 66.0 Å². The molecule has 0 heterocycles. The van der Waals surface area contributed by atoms with Crippen molar-refractivity contribution in [3.63, 3.8) is 0 Å². The number of esters is 1. The van der Waals surface area contributed by atoms with Gasteiger partial charge in [0.05, 0.1) is 5.56 Å². The van der Waals surface area contributed by atoms with E-state index in [9.17, 15) is 9.59 Å². The van der Waals surface area contributed by atoms with Crippen molar-refractivity contribution in [3.05, 3.63) is 63.6 Å². The monoisotopic (exact) mass is 375 g/mol. The van der Waals surface area contributed by atoms with Crippen LogP contribution in [0.1, 0.15) is 28.4 Å². The number of halogens is 1. The topological polar surface area (TPSA) is 55.4 Å². The van der Waals surface area contributed by atoms with Gasteiger partial charge in [0.1, 0.15) is 0 Å². The molecule has 0 saturated carbocycles. The Bertz CT molecular complexity index is 743. The molecule has 120 valence electrons. The number of nitrogens with one attached hydrogen (secondary N) is 1. The highest BCUT2D eigenvalue weighted by molar-refractivity contribution is 9.10. The number of ether oxygens (including phenoxy) is 1. The van der Waals surface area contributed by atoms with E-state index in [1.54, 1.807) is 31.2 Å². The van der Waals surface area contributed by atoms with Crippen molar-refractivity contribution in [2.24, 2.45) is 0 Å². The van der Waals surface area contributed by atoms with Gasteiger partial charge in [-0.15, -0.1) is 0 Å². The van der Waals surface area contributed by atoms with Gasteiger partial charge >= 0.3 is 5.97 Å². The maximum absolute atomic E-state index is 12.2. The Morgan fingerprint density at radius 1 is 1.13 bits per heavy atom. The molecule has 23 heavy (non-hydrogen) atoms. The Morgan fingerprint density at radius 2 is 1.83 bits per heavy atom. The average molecular weight is 376 g/mol. The van der Waals surface area contributed by atoms with Gasteiger partial charge in [-0.25, -0.2) is 4.79 Å². The fourth-order valence-corrected chi connectivity index (χ4v) is 2.46. The van der Waals surface area contributed by atoms with Crippen LogP contribution in [0.2, 0.25) is 0 Å². The molecule has 4 nitrogen and oxygen atoms in total. The summed E-state index contributed by atoms with van der Waals surface area (Å²) in [5.41, 5.74) is 3.11. The van der Waals surface area contributed by atoms with Crippen LogP contribution in [0.3, 0.4) is 0 Å². The van der Waals surface area contributed by atoms with Gasteiger partial charge in [-0.1, -0.05) is 24.3 Å². The highest BCUT2D eigenvalue weighted by atomic mass is 79.9. The minimum absolute atomic E-state index is 0.362. The Hall–Kier alpha value is -2.14.